The molecule has 5 N–H and O–H groups in total. The normalized spacial score (nSPS) is 15.5. The van der Waals surface area contributed by atoms with Crippen LogP contribution in [-0.4, -0.2) is 96.7 Å². The topological polar surface area (TPSA) is 221 Å². The average Bonchev–Trinajstić information content (AvgIpc) is 3.87. The third kappa shape index (κ3) is 9.62. The van der Waals surface area contributed by atoms with E-state index in [9.17, 15) is 23.8 Å². The molecule has 60 heavy (non-hydrogen) atoms. The Hall–Kier alpha value is -5.83. The molecule has 17 nitrogen and oxygen atoms in total. The monoisotopic (exact) mass is 856 g/mol. The van der Waals surface area contributed by atoms with E-state index in [2.05, 4.69) is 35.4 Å². The summed E-state index contributed by atoms with van der Waals surface area (Å²) >= 11 is 0. The van der Waals surface area contributed by atoms with Crippen LogP contribution in [0.15, 0.2) is 103 Å². The van der Waals surface area contributed by atoms with E-state index in [1.54, 1.807) is 6.92 Å². The summed E-state index contributed by atoms with van der Waals surface area (Å²) in [7, 11) is -4.64. The van der Waals surface area contributed by atoms with Crippen molar-refractivity contribution < 1.29 is 47.0 Å². The van der Waals surface area contributed by atoms with Crippen molar-refractivity contribution in [1.29, 1.82) is 0 Å². The van der Waals surface area contributed by atoms with Crippen LogP contribution < -0.4 is 15.5 Å². The van der Waals surface area contributed by atoms with Gasteiger partial charge in [0.15, 0.2) is 5.60 Å². The SMILES string of the molecule is CCC(C(C)O)n1ncn(-c2ccc(N3CCN(c4ccc(-c5ccc(C(F)(F)C(O)(Cn6cnnn6)c6ccc(F)cc6F)nc5)cc4)CC3)cc2)c1=O.O=P(O)(O)O. The summed E-state index contributed by atoms with van der Waals surface area (Å²) < 4.78 is 73.4. The van der Waals surface area contributed by atoms with E-state index >= 15 is 8.78 Å². The van der Waals surface area contributed by atoms with Gasteiger partial charge in [0, 0.05) is 60.9 Å². The van der Waals surface area contributed by atoms with Crippen LogP contribution in [0.4, 0.5) is 28.9 Å². The van der Waals surface area contributed by atoms with E-state index in [0.29, 0.717) is 23.7 Å². The summed E-state index contributed by atoms with van der Waals surface area (Å²) in [4.78, 5) is 43.0. The molecular weight excluding hydrogens is 815 g/mol. The minimum atomic E-state index is -4.64. The molecule has 3 unspecified atom stereocenters. The second-order valence-electron chi connectivity index (χ2n) is 14.0. The fourth-order valence-corrected chi connectivity index (χ4v) is 6.98. The van der Waals surface area contributed by atoms with Crippen LogP contribution >= 0.6 is 7.82 Å². The van der Waals surface area contributed by atoms with Crippen LogP contribution in [-0.2, 0) is 22.6 Å². The Morgan fingerprint density at radius 1 is 0.833 bits per heavy atom. The Balaban J connectivity index is 0.00000114. The number of piperazine rings is 1. The number of benzene rings is 3. The van der Waals surface area contributed by atoms with Crippen LogP contribution in [0.25, 0.3) is 16.8 Å². The van der Waals surface area contributed by atoms with Gasteiger partial charge in [-0.3, -0.25) is 4.98 Å². The lowest BCUT2D eigenvalue weighted by atomic mass is 9.84. The quantitative estimate of drug-likeness (QED) is 0.0874. The van der Waals surface area contributed by atoms with Gasteiger partial charge in [0.25, 0.3) is 0 Å². The summed E-state index contributed by atoms with van der Waals surface area (Å²) in [6.07, 6.45) is 3.58. The molecule has 1 fully saturated rings. The molecule has 0 aliphatic carbocycles. The summed E-state index contributed by atoms with van der Waals surface area (Å²) in [5, 5.41) is 36.0. The molecule has 0 amide bonds. The minimum absolute atomic E-state index is 0.308. The molecule has 0 radical (unpaired) electrons. The Bertz CT molecular complexity index is 2450. The molecule has 3 aromatic heterocycles. The number of phosphoric acid groups is 1. The maximum atomic E-state index is 16.2. The van der Waals surface area contributed by atoms with Crippen molar-refractivity contribution in [2.45, 2.75) is 50.5 Å². The largest absolute Gasteiger partial charge is 0.466 e. The molecule has 1 aliphatic rings. The van der Waals surface area contributed by atoms with Gasteiger partial charge in [0.2, 0.25) is 0 Å². The highest BCUT2D eigenvalue weighted by Crippen LogP contribution is 2.47. The zero-order valence-corrected chi connectivity index (χ0v) is 33.0. The van der Waals surface area contributed by atoms with Crippen molar-refractivity contribution in [1.82, 2.24) is 39.5 Å². The summed E-state index contributed by atoms with van der Waals surface area (Å²) in [5.41, 5.74) is -1.25. The molecular formula is C38H41F4N10O7P. The maximum Gasteiger partial charge on any atom is 0.466 e. The fraction of sp³-hybridized carbons (Fsp3) is 0.316. The first-order valence-corrected chi connectivity index (χ1v) is 20.0. The third-order valence-corrected chi connectivity index (χ3v) is 10.1. The van der Waals surface area contributed by atoms with Crippen molar-refractivity contribution in [2.75, 3.05) is 36.0 Å². The van der Waals surface area contributed by atoms with E-state index in [1.165, 1.54) is 27.8 Å². The van der Waals surface area contributed by atoms with Crippen molar-refractivity contribution >= 4 is 19.2 Å². The fourth-order valence-electron chi connectivity index (χ4n) is 6.98. The highest BCUT2D eigenvalue weighted by atomic mass is 31.2. The average molecular weight is 857 g/mol. The minimum Gasteiger partial charge on any atom is -0.391 e. The maximum absolute atomic E-state index is 16.2. The molecule has 4 heterocycles. The zero-order valence-electron chi connectivity index (χ0n) is 32.1. The highest BCUT2D eigenvalue weighted by molar-refractivity contribution is 7.45. The molecule has 6 aromatic rings. The Morgan fingerprint density at radius 2 is 1.40 bits per heavy atom. The molecule has 3 atom stereocenters. The number of nitrogens with zero attached hydrogens (tertiary/aromatic N) is 10. The van der Waals surface area contributed by atoms with Crippen molar-refractivity contribution in [3.05, 3.63) is 131 Å². The van der Waals surface area contributed by atoms with Gasteiger partial charge < -0.3 is 34.7 Å². The van der Waals surface area contributed by atoms with Crippen LogP contribution in [0, 0.1) is 11.6 Å². The van der Waals surface area contributed by atoms with Gasteiger partial charge in [-0.05, 0) is 83.9 Å². The number of anilines is 2. The van der Waals surface area contributed by atoms with Crippen LogP contribution in [0.1, 0.15) is 37.6 Å². The predicted molar refractivity (Wildman–Crippen MR) is 209 cm³/mol. The van der Waals surface area contributed by atoms with Gasteiger partial charge in [0.1, 0.15) is 30.0 Å². The second-order valence-corrected chi connectivity index (χ2v) is 15.0. The molecule has 22 heteroatoms. The van der Waals surface area contributed by atoms with Crippen molar-refractivity contribution in [2.24, 2.45) is 0 Å². The van der Waals surface area contributed by atoms with Crippen LogP contribution in [0.5, 0.6) is 0 Å². The first kappa shape index (κ1) is 43.7. The van der Waals surface area contributed by atoms with E-state index in [-0.39, 0.29) is 5.69 Å². The van der Waals surface area contributed by atoms with Crippen molar-refractivity contribution in [3.8, 4) is 16.8 Å². The molecule has 7 rings (SSSR count). The molecule has 0 bridgehead atoms. The number of halogens is 4. The van der Waals surface area contributed by atoms with E-state index in [1.807, 2.05) is 55.5 Å². The molecule has 0 spiro atoms. The van der Waals surface area contributed by atoms with Gasteiger partial charge in [-0.1, -0.05) is 25.1 Å². The van der Waals surface area contributed by atoms with E-state index in [4.69, 9.17) is 19.2 Å². The van der Waals surface area contributed by atoms with Gasteiger partial charge >= 0.3 is 19.4 Å². The first-order valence-electron chi connectivity index (χ1n) is 18.5. The number of alkyl halides is 2. The predicted octanol–water partition coefficient (Wildman–Crippen LogP) is 3.77. The van der Waals surface area contributed by atoms with Gasteiger partial charge in [-0.2, -0.15) is 13.9 Å². The zero-order chi connectivity index (χ0) is 43.4. The number of hydrogen-bond donors (Lipinski definition) is 5. The van der Waals surface area contributed by atoms with Crippen LogP contribution in [0.2, 0.25) is 0 Å². The number of rotatable bonds is 12. The summed E-state index contributed by atoms with van der Waals surface area (Å²) in [6.45, 7) is 5.61. The Labute approximate surface area is 339 Å². The van der Waals surface area contributed by atoms with E-state index < -0.39 is 60.9 Å². The lowest BCUT2D eigenvalue weighted by Gasteiger charge is -2.37. The van der Waals surface area contributed by atoms with Gasteiger partial charge in [-0.25, -0.2) is 32.1 Å². The molecule has 318 valence electrons. The smallest absolute Gasteiger partial charge is 0.391 e. The second kappa shape index (κ2) is 17.8. The number of hydrogen-bond acceptors (Lipinski definition) is 11. The number of pyridine rings is 1. The molecule has 0 saturated carbocycles. The van der Waals surface area contributed by atoms with Gasteiger partial charge in [0.05, 0.1) is 24.4 Å². The lowest BCUT2D eigenvalue weighted by Crippen LogP contribution is -2.48. The number of aliphatic hydroxyl groups excluding tert-OH is 1. The van der Waals surface area contributed by atoms with E-state index in [0.717, 1.165) is 72.3 Å². The van der Waals surface area contributed by atoms with Crippen LogP contribution in [0.3, 0.4) is 0 Å². The number of aliphatic hydroxyl groups is 2. The summed E-state index contributed by atoms with van der Waals surface area (Å²) in [6, 6.07) is 19.4. The highest BCUT2D eigenvalue weighted by Gasteiger charge is 2.58. The number of tetrazole rings is 1. The van der Waals surface area contributed by atoms with Gasteiger partial charge in [-0.15, -0.1) is 5.10 Å². The number of aromatic nitrogens is 8. The molecule has 1 saturated heterocycles. The summed E-state index contributed by atoms with van der Waals surface area (Å²) in [5.74, 6) is -6.51. The first-order chi connectivity index (χ1) is 28.4. The standard InChI is InChI=1S/C38H38F4N10O3.H3O4P/c1-3-34(25(2)53)52-36(54)51(24-45-52)31-12-10-30(11-13-31)49-18-16-48(17-19-49)29-8-4-26(5-9-29)27-6-15-35(43-21-27)38(41,42)37(55,22-50-23-44-46-47-50)32-14-7-28(39)20-33(32)40;1-5(2,3)4/h4-15,20-21,23-25,34,53,55H,3,16-19,22H2,1-2H3;(H3,1,2,3,4). The van der Waals surface area contributed by atoms with Crippen molar-refractivity contribution in [3.63, 3.8) is 0 Å². The third-order valence-electron chi connectivity index (χ3n) is 10.1. The lowest BCUT2D eigenvalue weighted by molar-refractivity contribution is -0.207. The molecule has 3 aromatic carbocycles. The Morgan fingerprint density at radius 3 is 1.90 bits per heavy atom. The Kier molecular flexibility index (Phi) is 13.0. The molecule has 1 aliphatic heterocycles.